The monoisotopic (exact) mass is 299 g/mol. The Balaban J connectivity index is 1.86. The first-order valence-corrected chi connectivity index (χ1v) is 7.42. The van der Waals surface area contributed by atoms with Crippen LogP contribution in [0.3, 0.4) is 0 Å². The number of hydrogen-bond donors (Lipinski definition) is 3. The SMILES string of the molecule is COc1cc(Cl)cc(CNCC2CCC(O)CC2)c1O. The Hall–Kier alpha value is -0.970. The second-order valence-corrected chi connectivity index (χ2v) is 5.86. The van der Waals surface area contributed by atoms with E-state index in [-0.39, 0.29) is 11.9 Å². The van der Waals surface area contributed by atoms with Crippen molar-refractivity contribution in [3.63, 3.8) is 0 Å². The maximum Gasteiger partial charge on any atom is 0.162 e. The molecule has 0 radical (unpaired) electrons. The van der Waals surface area contributed by atoms with Gasteiger partial charge in [0.1, 0.15) is 0 Å². The summed E-state index contributed by atoms with van der Waals surface area (Å²) in [4.78, 5) is 0. The maximum absolute atomic E-state index is 10.0. The van der Waals surface area contributed by atoms with Crippen LogP contribution in [0.15, 0.2) is 12.1 Å². The smallest absolute Gasteiger partial charge is 0.162 e. The summed E-state index contributed by atoms with van der Waals surface area (Å²) in [5, 5.41) is 23.4. The fourth-order valence-electron chi connectivity index (χ4n) is 2.68. The molecule has 1 fully saturated rings. The molecule has 0 aliphatic heterocycles. The molecular formula is C15H22ClNO3. The van der Waals surface area contributed by atoms with Crippen molar-refractivity contribution in [1.82, 2.24) is 5.32 Å². The molecule has 0 saturated heterocycles. The predicted octanol–water partition coefficient (Wildman–Crippen LogP) is 2.69. The Morgan fingerprint density at radius 2 is 2.00 bits per heavy atom. The number of aliphatic hydroxyl groups is 1. The lowest BCUT2D eigenvalue weighted by atomic mass is 9.87. The minimum atomic E-state index is -0.118. The number of phenols is 1. The fourth-order valence-corrected chi connectivity index (χ4v) is 2.91. The van der Waals surface area contributed by atoms with Crippen molar-refractivity contribution in [2.75, 3.05) is 13.7 Å². The molecule has 112 valence electrons. The van der Waals surface area contributed by atoms with E-state index < -0.39 is 0 Å². The van der Waals surface area contributed by atoms with Crippen molar-refractivity contribution < 1.29 is 14.9 Å². The lowest BCUT2D eigenvalue weighted by Gasteiger charge is -2.25. The number of aliphatic hydroxyl groups excluding tert-OH is 1. The van der Waals surface area contributed by atoms with E-state index in [1.165, 1.54) is 7.11 Å². The van der Waals surface area contributed by atoms with Crippen molar-refractivity contribution in [2.24, 2.45) is 5.92 Å². The largest absolute Gasteiger partial charge is 0.504 e. The van der Waals surface area contributed by atoms with Crippen molar-refractivity contribution in [3.05, 3.63) is 22.7 Å². The van der Waals surface area contributed by atoms with Crippen molar-refractivity contribution >= 4 is 11.6 Å². The average Bonchev–Trinajstić information content (AvgIpc) is 2.44. The Kier molecular flexibility index (Phi) is 5.52. The highest BCUT2D eigenvalue weighted by Crippen LogP contribution is 2.33. The van der Waals surface area contributed by atoms with Crippen LogP contribution >= 0.6 is 11.6 Å². The van der Waals surface area contributed by atoms with E-state index in [1.54, 1.807) is 12.1 Å². The third-order valence-electron chi connectivity index (χ3n) is 3.90. The first kappa shape index (κ1) is 15.4. The van der Waals surface area contributed by atoms with E-state index in [4.69, 9.17) is 16.3 Å². The standard InChI is InChI=1S/C15H22ClNO3/c1-20-14-7-12(16)6-11(15(14)19)9-17-8-10-2-4-13(18)5-3-10/h6-7,10,13,17-19H,2-5,8-9H2,1H3. The Morgan fingerprint density at radius 1 is 1.30 bits per heavy atom. The van der Waals surface area contributed by atoms with Gasteiger partial charge in [-0.2, -0.15) is 0 Å². The number of methoxy groups -OCH3 is 1. The highest BCUT2D eigenvalue weighted by atomic mass is 35.5. The van der Waals surface area contributed by atoms with Gasteiger partial charge in [-0.05, 0) is 44.2 Å². The molecule has 0 heterocycles. The molecule has 1 aliphatic rings. The van der Waals surface area contributed by atoms with Gasteiger partial charge in [-0.15, -0.1) is 0 Å². The van der Waals surface area contributed by atoms with Gasteiger partial charge in [0.05, 0.1) is 13.2 Å². The molecule has 20 heavy (non-hydrogen) atoms. The number of aromatic hydroxyl groups is 1. The summed E-state index contributed by atoms with van der Waals surface area (Å²) in [6.07, 6.45) is 3.77. The zero-order valence-corrected chi connectivity index (χ0v) is 12.5. The van der Waals surface area contributed by atoms with Gasteiger partial charge in [-0.3, -0.25) is 0 Å². The number of halogens is 1. The lowest BCUT2D eigenvalue weighted by Crippen LogP contribution is -2.27. The molecule has 0 unspecified atom stereocenters. The summed E-state index contributed by atoms with van der Waals surface area (Å²) in [6.45, 7) is 1.45. The van der Waals surface area contributed by atoms with Crippen molar-refractivity contribution in [1.29, 1.82) is 0 Å². The highest BCUT2D eigenvalue weighted by molar-refractivity contribution is 6.30. The lowest BCUT2D eigenvalue weighted by molar-refractivity contribution is 0.108. The zero-order chi connectivity index (χ0) is 14.5. The minimum Gasteiger partial charge on any atom is -0.504 e. The van der Waals surface area contributed by atoms with Gasteiger partial charge in [-0.25, -0.2) is 0 Å². The quantitative estimate of drug-likeness (QED) is 0.782. The molecule has 2 rings (SSSR count). The Morgan fingerprint density at radius 3 is 2.65 bits per heavy atom. The molecule has 3 N–H and O–H groups in total. The maximum atomic E-state index is 10.0. The molecule has 0 amide bonds. The summed E-state index contributed by atoms with van der Waals surface area (Å²) in [5.41, 5.74) is 0.741. The first-order chi connectivity index (χ1) is 9.60. The molecular weight excluding hydrogens is 278 g/mol. The van der Waals surface area contributed by atoms with Crippen LogP contribution in [0.4, 0.5) is 0 Å². The molecule has 0 atom stereocenters. The van der Waals surface area contributed by atoms with E-state index in [1.807, 2.05) is 0 Å². The van der Waals surface area contributed by atoms with Crippen LogP contribution in [0.5, 0.6) is 11.5 Å². The van der Waals surface area contributed by atoms with Gasteiger partial charge < -0.3 is 20.3 Å². The molecule has 0 aromatic heterocycles. The predicted molar refractivity (Wildman–Crippen MR) is 79.3 cm³/mol. The van der Waals surface area contributed by atoms with Crippen LogP contribution in [0.25, 0.3) is 0 Å². The normalized spacial score (nSPS) is 22.8. The van der Waals surface area contributed by atoms with E-state index in [0.717, 1.165) is 37.8 Å². The van der Waals surface area contributed by atoms with E-state index in [9.17, 15) is 10.2 Å². The molecule has 1 saturated carbocycles. The van der Waals surface area contributed by atoms with Gasteiger partial charge >= 0.3 is 0 Å². The van der Waals surface area contributed by atoms with Crippen molar-refractivity contribution in [3.8, 4) is 11.5 Å². The van der Waals surface area contributed by atoms with E-state index in [2.05, 4.69) is 5.32 Å². The van der Waals surface area contributed by atoms with E-state index >= 15 is 0 Å². The molecule has 4 nitrogen and oxygen atoms in total. The number of nitrogens with one attached hydrogen (secondary N) is 1. The third-order valence-corrected chi connectivity index (χ3v) is 4.12. The molecule has 1 aliphatic carbocycles. The zero-order valence-electron chi connectivity index (χ0n) is 11.7. The van der Waals surface area contributed by atoms with Gasteiger partial charge in [0, 0.05) is 23.2 Å². The van der Waals surface area contributed by atoms with Crippen LogP contribution < -0.4 is 10.1 Å². The summed E-state index contributed by atoms with van der Waals surface area (Å²) < 4.78 is 5.08. The Labute approximate surface area is 124 Å². The summed E-state index contributed by atoms with van der Waals surface area (Å²) in [5.74, 6) is 1.14. The second-order valence-electron chi connectivity index (χ2n) is 5.42. The number of ether oxygens (including phenoxy) is 1. The number of hydrogen-bond acceptors (Lipinski definition) is 4. The topological polar surface area (TPSA) is 61.7 Å². The third kappa shape index (κ3) is 4.01. The van der Waals surface area contributed by atoms with E-state index in [0.29, 0.717) is 23.2 Å². The summed E-state index contributed by atoms with van der Waals surface area (Å²) in [7, 11) is 1.51. The molecule has 1 aromatic rings. The second kappa shape index (κ2) is 7.16. The van der Waals surface area contributed by atoms with Gasteiger partial charge in [0.15, 0.2) is 11.5 Å². The van der Waals surface area contributed by atoms with Crippen molar-refractivity contribution in [2.45, 2.75) is 38.3 Å². The van der Waals surface area contributed by atoms with Crippen LogP contribution in [0, 0.1) is 5.92 Å². The highest BCUT2D eigenvalue weighted by Gasteiger charge is 2.19. The van der Waals surface area contributed by atoms with Crippen LogP contribution in [0.1, 0.15) is 31.2 Å². The molecule has 1 aromatic carbocycles. The first-order valence-electron chi connectivity index (χ1n) is 7.04. The molecule has 0 bridgehead atoms. The van der Waals surface area contributed by atoms with Gasteiger partial charge in [0.25, 0.3) is 0 Å². The average molecular weight is 300 g/mol. The van der Waals surface area contributed by atoms with Crippen LogP contribution in [-0.2, 0) is 6.54 Å². The number of benzene rings is 1. The summed E-state index contributed by atoms with van der Waals surface area (Å²) in [6, 6.07) is 3.35. The fraction of sp³-hybridized carbons (Fsp3) is 0.600. The number of rotatable bonds is 5. The molecule has 5 heteroatoms. The summed E-state index contributed by atoms with van der Waals surface area (Å²) >= 11 is 6.00. The van der Waals surface area contributed by atoms with Gasteiger partial charge in [-0.1, -0.05) is 11.6 Å². The Bertz CT molecular complexity index is 445. The number of phenolic OH excluding ortho intramolecular Hbond substituents is 1. The van der Waals surface area contributed by atoms with Crippen LogP contribution in [-0.4, -0.2) is 30.0 Å². The minimum absolute atomic E-state index is 0.118. The van der Waals surface area contributed by atoms with Gasteiger partial charge in [0.2, 0.25) is 0 Å². The molecule has 0 spiro atoms. The van der Waals surface area contributed by atoms with Crippen LogP contribution in [0.2, 0.25) is 5.02 Å².